The Bertz CT molecular complexity index is 757. The monoisotopic (exact) mass is 230 g/mol. The number of rotatable bonds is 1. The molecule has 0 aromatic heterocycles. The molecule has 0 atom stereocenters. The Labute approximate surface area is 92.9 Å². The molecule has 16 heavy (non-hydrogen) atoms. The highest BCUT2D eigenvalue weighted by atomic mass is 32.2. The summed E-state index contributed by atoms with van der Waals surface area (Å²) in [6.07, 6.45) is 0. The van der Waals surface area contributed by atoms with Crippen molar-refractivity contribution in [2.24, 2.45) is 5.14 Å². The van der Waals surface area contributed by atoms with Gasteiger partial charge in [-0.1, -0.05) is 36.4 Å². The third-order valence-corrected chi connectivity index (χ3v) is 3.62. The van der Waals surface area contributed by atoms with Gasteiger partial charge >= 0.3 is 0 Å². The summed E-state index contributed by atoms with van der Waals surface area (Å²) >= 11 is 0. The Kier molecular flexibility index (Phi) is 1.75. The van der Waals surface area contributed by atoms with Crippen LogP contribution in [-0.4, -0.2) is 8.42 Å². The molecule has 2 bridgehead atoms. The number of nitrogens with two attached hydrogens (primary N) is 1. The Morgan fingerprint density at radius 2 is 1.62 bits per heavy atom. The number of hydrogen-bond acceptors (Lipinski definition) is 2. The predicted molar refractivity (Wildman–Crippen MR) is 62.8 cm³/mol. The van der Waals surface area contributed by atoms with Crippen molar-refractivity contribution < 1.29 is 8.42 Å². The zero-order chi connectivity index (χ0) is 11.3. The van der Waals surface area contributed by atoms with Crippen LogP contribution in [-0.2, 0) is 10.0 Å². The molecular weight excluding hydrogens is 222 g/mol. The number of benzene rings is 4. The van der Waals surface area contributed by atoms with Gasteiger partial charge in [-0.2, -0.15) is 0 Å². The minimum absolute atomic E-state index is 0.0752. The largest absolute Gasteiger partial charge is 0.239 e. The topological polar surface area (TPSA) is 60.2 Å². The molecule has 0 heterocycles. The molecule has 0 unspecified atom stereocenters. The number of sulfonamides is 1. The van der Waals surface area contributed by atoms with Gasteiger partial charge in [0.1, 0.15) is 0 Å². The summed E-state index contributed by atoms with van der Waals surface area (Å²) in [6, 6.07) is 13.9. The molecule has 2 N–H and O–H groups in total. The van der Waals surface area contributed by atoms with Gasteiger partial charge in [-0.15, -0.1) is 0 Å². The van der Waals surface area contributed by atoms with Gasteiger partial charge in [-0.25, -0.2) is 13.6 Å². The Hall–Kier alpha value is -1.65. The molecule has 0 spiro atoms. The molecule has 0 fully saturated rings. The van der Waals surface area contributed by atoms with Crippen LogP contribution in [0.4, 0.5) is 0 Å². The third kappa shape index (κ3) is 1.20. The highest BCUT2D eigenvalue weighted by Crippen LogP contribution is 2.31. The van der Waals surface area contributed by atoms with Crippen molar-refractivity contribution in [2.75, 3.05) is 0 Å². The van der Waals surface area contributed by atoms with E-state index in [-0.39, 0.29) is 4.90 Å². The molecule has 0 aliphatic carbocycles. The Balaban J connectivity index is 2.64. The molecule has 0 saturated heterocycles. The average molecular weight is 230 g/mol. The van der Waals surface area contributed by atoms with E-state index in [2.05, 4.69) is 6.07 Å². The fourth-order valence-electron chi connectivity index (χ4n) is 2.05. The maximum absolute atomic E-state index is 11.5. The summed E-state index contributed by atoms with van der Waals surface area (Å²) in [4.78, 5) is 0.0752. The fraction of sp³-hybridized carbons (Fsp3) is 0. The number of primary sulfonamides is 1. The lowest BCUT2D eigenvalue weighted by Gasteiger charge is -2.09. The van der Waals surface area contributed by atoms with Crippen LogP contribution < -0.4 is 5.14 Å². The van der Waals surface area contributed by atoms with Crippen LogP contribution in [0.25, 0.3) is 21.5 Å². The van der Waals surface area contributed by atoms with Crippen molar-refractivity contribution in [2.45, 2.75) is 4.90 Å². The quantitative estimate of drug-likeness (QED) is 0.693. The molecule has 0 saturated carbocycles. The van der Waals surface area contributed by atoms with Crippen LogP contribution in [0.5, 0.6) is 0 Å². The molecule has 4 aromatic carbocycles. The van der Waals surface area contributed by atoms with E-state index in [1.54, 1.807) is 6.07 Å². The van der Waals surface area contributed by atoms with Crippen LogP contribution in [0, 0.1) is 6.07 Å². The predicted octanol–water partition coefficient (Wildman–Crippen LogP) is 1.88. The zero-order valence-electron chi connectivity index (χ0n) is 8.27. The average Bonchev–Trinajstić information content (AvgIpc) is 2.29. The SMILES string of the molecule is NS(=O)(=O)c1[c]ccc2c3ccc(cc3)c12. The van der Waals surface area contributed by atoms with Gasteiger partial charge in [-0.3, -0.25) is 0 Å². The third-order valence-electron chi connectivity index (χ3n) is 2.73. The van der Waals surface area contributed by atoms with Crippen molar-refractivity contribution in [1.29, 1.82) is 0 Å². The molecule has 1 radical (unpaired) electrons. The second-order valence-corrected chi connectivity index (χ2v) is 5.22. The first kappa shape index (κ1) is 9.57. The van der Waals surface area contributed by atoms with E-state index in [0.717, 1.165) is 16.2 Å². The molecule has 4 rings (SSSR count). The van der Waals surface area contributed by atoms with E-state index in [9.17, 15) is 8.42 Å². The fourth-order valence-corrected chi connectivity index (χ4v) is 2.79. The molecule has 0 amide bonds. The van der Waals surface area contributed by atoms with E-state index < -0.39 is 10.0 Å². The van der Waals surface area contributed by atoms with Crippen molar-refractivity contribution in [1.82, 2.24) is 0 Å². The van der Waals surface area contributed by atoms with Crippen molar-refractivity contribution in [3.63, 3.8) is 0 Å². The van der Waals surface area contributed by atoms with E-state index >= 15 is 0 Å². The molecule has 3 nitrogen and oxygen atoms in total. The summed E-state index contributed by atoms with van der Waals surface area (Å²) in [5.74, 6) is 0. The summed E-state index contributed by atoms with van der Waals surface area (Å²) in [5.41, 5.74) is 0. The zero-order valence-corrected chi connectivity index (χ0v) is 9.08. The first-order valence-corrected chi connectivity index (χ1v) is 6.30. The first-order chi connectivity index (χ1) is 7.57. The van der Waals surface area contributed by atoms with Crippen LogP contribution in [0.2, 0.25) is 0 Å². The standard InChI is InChI=1S/C12H8NO2S/c13-16(14,15)11-3-1-2-10-8-4-6-9(7-5-8)12(10)11/h1-2,4-7H,(H2,13,14,15). The molecule has 0 aliphatic rings. The van der Waals surface area contributed by atoms with Crippen LogP contribution >= 0.6 is 0 Å². The Morgan fingerprint density at radius 3 is 2.25 bits per heavy atom. The van der Waals surface area contributed by atoms with E-state index in [0.29, 0.717) is 5.39 Å². The molecule has 0 aliphatic heterocycles. The molecule has 79 valence electrons. The molecule has 4 aromatic rings. The highest BCUT2D eigenvalue weighted by molar-refractivity contribution is 7.89. The Morgan fingerprint density at radius 1 is 1.00 bits per heavy atom. The minimum Gasteiger partial charge on any atom is -0.225 e. The lowest BCUT2D eigenvalue weighted by Crippen LogP contribution is -2.12. The number of hydrogen-bond donors (Lipinski definition) is 1. The van der Waals surface area contributed by atoms with Crippen LogP contribution in [0.1, 0.15) is 0 Å². The van der Waals surface area contributed by atoms with Gasteiger partial charge in [0.2, 0.25) is 10.0 Å². The van der Waals surface area contributed by atoms with Gasteiger partial charge in [-0.05, 0) is 16.2 Å². The minimum atomic E-state index is -3.72. The second-order valence-electron chi connectivity index (χ2n) is 3.72. The van der Waals surface area contributed by atoms with Gasteiger partial charge in [0, 0.05) is 11.5 Å². The van der Waals surface area contributed by atoms with Crippen molar-refractivity contribution in [3.05, 3.63) is 42.5 Å². The number of fused-ring (bicyclic) bond motifs is 2. The molecule has 4 heteroatoms. The maximum Gasteiger partial charge on any atom is 0.239 e. The normalized spacial score (nSPS) is 12.6. The first-order valence-electron chi connectivity index (χ1n) is 4.76. The highest BCUT2D eigenvalue weighted by Gasteiger charge is 2.15. The summed E-state index contributed by atoms with van der Waals surface area (Å²) < 4.78 is 22.9. The van der Waals surface area contributed by atoms with Crippen molar-refractivity contribution >= 4 is 31.6 Å². The van der Waals surface area contributed by atoms with Crippen LogP contribution in [0.3, 0.4) is 0 Å². The van der Waals surface area contributed by atoms with E-state index in [1.807, 2.05) is 30.3 Å². The lowest BCUT2D eigenvalue weighted by molar-refractivity contribution is 0.598. The van der Waals surface area contributed by atoms with Gasteiger partial charge in [0.25, 0.3) is 0 Å². The summed E-state index contributed by atoms with van der Waals surface area (Å²) in [5, 5.41) is 8.63. The van der Waals surface area contributed by atoms with E-state index in [4.69, 9.17) is 5.14 Å². The lowest BCUT2D eigenvalue weighted by atomic mass is 10.00. The van der Waals surface area contributed by atoms with Gasteiger partial charge in [0.05, 0.1) is 4.90 Å². The maximum atomic E-state index is 11.5. The van der Waals surface area contributed by atoms with Gasteiger partial charge < -0.3 is 0 Å². The van der Waals surface area contributed by atoms with Crippen molar-refractivity contribution in [3.8, 4) is 0 Å². The summed E-state index contributed by atoms with van der Waals surface area (Å²) in [6.45, 7) is 0. The van der Waals surface area contributed by atoms with E-state index in [1.165, 1.54) is 0 Å². The molecular formula is C12H8NO2S. The summed E-state index contributed by atoms with van der Waals surface area (Å²) in [7, 11) is -3.72. The van der Waals surface area contributed by atoms with Crippen LogP contribution in [0.15, 0.2) is 41.3 Å². The van der Waals surface area contributed by atoms with Gasteiger partial charge in [0.15, 0.2) is 0 Å². The second kappa shape index (κ2) is 2.93. The smallest absolute Gasteiger partial charge is 0.225 e.